The number of rotatable bonds is 5. The van der Waals surface area contributed by atoms with Crippen molar-refractivity contribution >= 4 is 38.9 Å². The maximum atomic E-state index is 13.3. The zero-order valence-electron chi connectivity index (χ0n) is 14.9. The van der Waals surface area contributed by atoms with Gasteiger partial charge >= 0.3 is 0 Å². The normalized spacial score (nSPS) is 28.4. The molecule has 26 heavy (non-hydrogen) atoms. The molecule has 3 rings (SSSR count). The number of sulfone groups is 1. The number of halogens is 2. The number of benzene rings is 1. The van der Waals surface area contributed by atoms with Gasteiger partial charge in [-0.15, -0.1) is 0 Å². The van der Waals surface area contributed by atoms with E-state index in [1.165, 1.54) is 0 Å². The fraction of sp³-hybridized carbons (Fsp3) is 0.526. The Morgan fingerprint density at radius 2 is 1.92 bits per heavy atom. The molecule has 142 valence electrons. The largest absolute Gasteiger partial charge is 0.334 e. The van der Waals surface area contributed by atoms with Crippen molar-refractivity contribution < 1.29 is 13.2 Å². The smallest absolute Gasteiger partial charge is 0.227 e. The van der Waals surface area contributed by atoms with E-state index >= 15 is 0 Å². The molecule has 3 atom stereocenters. The quantitative estimate of drug-likeness (QED) is 0.734. The lowest BCUT2D eigenvalue weighted by atomic mass is 10.1. The highest BCUT2D eigenvalue weighted by Crippen LogP contribution is 2.60. The number of nitrogens with zero attached hydrogens (tertiary/aromatic N) is 1. The summed E-state index contributed by atoms with van der Waals surface area (Å²) in [6, 6.07) is 9.39. The number of hydrogen-bond donors (Lipinski definition) is 0. The van der Waals surface area contributed by atoms with Crippen LogP contribution < -0.4 is 0 Å². The molecule has 0 bridgehead atoms. The van der Waals surface area contributed by atoms with Gasteiger partial charge in [0.1, 0.15) is 4.49 Å². The van der Waals surface area contributed by atoms with Gasteiger partial charge in [0.15, 0.2) is 9.84 Å². The molecule has 0 N–H and O–H groups in total. The molecule has 1 aliphatic heterocycles. The lowest BCUT2D eigenvalue weighted by Gasteiger charge is -2.29. The molecule has 1 aliphatic carbocycles. The first kappa shape index (κ1) is 19.7. The summed E-state index contributed by atoms with van der Waals surface area (Å²) in [5.74, 6) is -0.105. The molecule has 0 spiro atoms. The molecule has 0 aromatic heterocycles. The average Bonchev–Trinajstić information content (AvgIpc) is 2.89. The number of hydrogen-bond acceptors (Lipinski definition) is 3. The Hall–Kier alpha value is -1.04. The number of carbonyl (C=O) groups is 1. The maximum Gasteiger partial charge on any atom is 0.227 e. The summed E-state index contributed by atoms with van der Waals surface area (Å²) in [6.07, 6.45) is 2.21. The van der Waals surface area contributed by atoms with Crippen molar-refractivity contribution in [2.24, 2.45) is 17.3 Å². The van der Waals surface area contributed by atoms with Crippen LogP contribution in [0.5, 0.6) is 0 Å². The zero-order valence-corrected chi connectivity index (χ0v) is 17.2. The van der Waals surface area contributed by atoms with Gasteiger partial charge in [0, 0.05) is 12.6 Å². The van der Waals surface area contributed by atoms with E-state index in [9.17, 15) is 13.2 Å². The van der Waals surface area contributed by atoms with E-state index in [2.05, 4.69) is 0 Å². The summed E-state index contributed by atoms with van der Waals surface area (Å²) in [6.45, 7) is 4.44. The van der Waals surface area contributed by atoms with Gasteiger partial charge in [0.05, 0.1) is 17.4 Å². The van der Waals surface area contributed by atoms with Crippen LogP contribution in [-0.2, 0) is 21.2 Å². The number of carbonyl (C=O) groups excluding carboxylic acids is 1. The van der Waals surface area contributed by atoms with Crippen LogP contribution in [-0.4, -0.2) is 36.8 Å². The SMILES string of the molecule is CC1(C)[C@@H](C=C(Cl)Cl)[C@@H]1C(=O)N(Cc1ccccc1)[C@@H]1CCS(=O)(=O)C1. The van der Waals surface area contributed by atoms with Crippen LogP contribution in [0.25, 0.3) is 0 Å². The van der Waals surface area contributed by atoms with Gasteiger partial charge in [0.2, 0.25) is 5.91 Å². The molecule has 1 saturated heterocycles. The van der Waals surface area contributed by atoms with Crippen LogP contribution in [0.15, 0.2) is 40.9 Å². The van der Waals surface area contributed by atoms with E-state index < -0.39 is 9.84 Å². The number of amides is 1. The third-order valence-corrected chi connectivity index (χ3v) is 7.61. The minimum Gasteiger partial charge on any atom is -0.334 e. The Labute approximate surface area is 165 Å². The topological polar surface area (TPSA) is 54.5 Å². The summed E-state index contributed by atoms with van der Waals surface area (Å²) in [5.41, 5.74) is 0.754. The molecule has 1 aromatic rings. The molecule has 2 aliphatic rings. The van der Waals surface area contributed by atoms with Gasteiger partial charge in [-0.2, -0.15) is 0 Å². The standard InChI is InChI=1S/C19H23Cl2NO3S/c1-19(2)15(10-16(20)21)17(19)18(23)22(11-13-6-4-3-5-7-13)14-8-9-26(24,25)12-14/h3-7,10,14-15,17H,8-9,11-12H2,1-2H3/t14-,15+,17-/m1/s1. The van der Waals surface area contributed by atoms with Gasteiger partial charge in [-0.05, 0) is 29.4 Å². The molecular weight excluding hydrogens is 393 g/mol. The summed E-state index contributed by atoms with van der Waals surface area (Å²) in [5, 5.41) is 0. The van der Waals surface area contributed by atoms with Crippen molar-refractivity contribution in [2.75, 3.05) is 11.5 Å². The van der Waals surface area contributed by atoms with Gasteiger partial charge in [-0.25, -0.2) is 8.42 Å². The van der Waals surface area contributed by atoms with Crippen molar-refractivity contribution in [2.45, 2.75) is 32.9 Å². The first-order valence-electron chi connectivity index (χ1n) is 8.69. The highest BCUT2D eigenvalue weighted by molar-refractivity contribution is 7.91. The highest BCUT2D eigenvalue weighted by Gasteiger charge is 2.62. The lowest BCUT2D eigenvalue weighted by Crippen LogP contribution is -2.42. The van der Waals surface area contributed by atoms with Crippen LogP contribution in [0.2, 0.25) is 0 Å². The molecule has 4 nitrogen and oxygen atoms in total. The predicted octanol–water partition coefficient (Wildman–Crippen LogP) is 3.79. The minimum atomic E-state index is -3.08. The zero-order chi connectivity index (χ0) is 19.1. The highest BCUT2D eigenvalue weighted by atomic mass is 35.5. The van der Waals surface area contributed by atoms with Crippen LogP contribution in [0.3, 0.4) is 0 Å². The second-order valence-corrected chi connectivity index (χ2v) is 11.0. The second kappa shape index (κ2) is 7.17. The molecule has 0 unspecified atom stereocenters. The van der Waals surface area contributed by atoms with Crippen LogP contribution in [0, 0.1) is 17.3 Å². The summed E-state index contributed by atoms with van der Waals surface area (Å²) in [4.78, 5) is 15.1. The molecule has 7 heteroatoms. The Bertz CT molecular complexity index is 816. The van der Waals surface area contributed by atoms with E-state index in [0.29, 0.717) is 13.0 Å². The minimum absolute atomic E-state index is 0.0169. The molecule has 1 heterocycles. The van der Waals surface area contributed by atoms with Crippen molar-refractivity contribution in [1.29, 1.82) is 0 Å². The Morgan fingerprint density at radius 1 is 1.27 bits per heavy atom. The maximum absolute atomic E-state index is 13.3. The Kier molecular flexibility index (Phi) is 5.44. The molecule has 2 fully saturated rings. The van der Waals surface area contributed by atoms with E-state index in [1.54, 1.807) is 11.0 Å². The molecule has 1 aromatic carbocycles. The third kappa shape index (κ3) is 4.10. The fourth-order valence-electron chi connectivity index (χ4n) is 3.96. The van der Waals surface area contributed by atoms with Gasteiger partial charge in [-0.3, -0.25) is 4.79 Å². The average molecular weight is 416 g/mol. The fourth-order valence-corrected chi connectivity index (χ4v) is 5.97. The molecule has 1 saturated carbocycles. The molecular formula is C19H23Cl2NO3S. The van der Waals surface area contributed by atoms with Crippen molar-refractivity contribution in [3.05, 3.63) is 46.5 Å². The summed E-state index contributed by atoms with van der Waals surface area (Å²) < 4.78 is 24.1. The molecule has 1 amide bonds. The van der Waals surface area contributed by atoms with Crippen molar-refractivity contribution in [1.82, 2.24) is 4.90 Å². The van der Waals surface area contributed by atoms with Crippen LogP contribution in [0.1, 0.15) is 25.8 Å². The lowest BCUT2D eigenvalue weighted by molar-refractivity contribution is -0.136. The van der Waals surface area contributed by atoms with Gasteiger partial charge < -0.3 is 4.90 Å². The van der Waals surface area contributed by atoms with Crippen molar-refractivity contribution in [3.8, 4) is 0 Å². The first-order chi connectivity index (χ1) is 12.1. The predicted molar refractivity (Wildman–Crippen MR) is 105 cm³/mol. The van der Waals surface area contributed by atoms with Crippen LogP contribution in [0.4, 0.5) is 0 Å². The summed E-state index contributed by atoms with van der Waals surface area (Å²) in [7, 11) is -3.08. The van der Waals surface area contributed by atoms with E-state index in [-0.39, 0.29) is 45.2 Å². The van der Waals surface area contributed by atoms with Crippen LogP contribution >= 0.6 is 23.2 Å². The van der Waals surface area contributed by atoms with E-state index in [1.807, 2.05) is 44.2 Å². The Morgan fingerprint density at radius 3 is 2.46 bits per heavy atom. The van der Waals surface area contributed by atoms with Crippen molar-refractivity contribution in [3.63, 3.8) is 0 Å². The molecule has 0 radical (unpaired) electrons. The second-order valence-electron chi connectivity index (χ2n) is 7.79. The van der Waals surface area contributed by atoms with E-state index in [0.717, 1.165) is 5.56 Å². The first-order valence-corrected chi connectivity index (χ1v) is 11.3. The monoisotopic (exact) mass is 415 g/mol. The number of allylic oxidation sites excluding steroid dienone is 1. The third-order valence-electron chi connectivity index (χ3n) is 5.61. The van der Waals surface area contributed by atoms with Gasteiger partial charge in [0.25, 0.3) is 0 Å². The summed E-state index contributed by atoms with van der Waals surface area (Å²) >= 11 is 11.6. The van der Waals surface area contributed by atoms with Gasteiger partial charge in [-0.1, -0.05) is 67.4 Å². The Balaban J connectivity index is 1.86. The van der Waals surface area contributed by atoms with E-state index in [4.69, 9.17) is 23.2 Å².